The average molecular weight is 293 g/mol. The summed E-state index contributed by atoms with van der Waals surface area (Å²) in [6.45, 7) is 1.92. The highest BCUT2D eigenvalue weighted by molar-refractivity contribution is 5.37. The maximum Gasteiger partial charge on any atom is 0.305 e. The standard InChI is InChI=1S/C14H13F2N3O2/c1-9(10-2-4-17-5-3-10)18-8-11-6-14(19(20)21)13(16)7-12(11)15/h2-7,9,18H,8H2,1H3/t9-/m0/s1. The second kappa shape index (κ2) is 6.36. The summed E-state index contributed by atoms with van der Waals surface area (Å²) in [5, 5.41) is 13.7. The number of nitrogens with one attached hydrogen (secondary N) is 1. The third kappa shape index (κ3) is 3.57. The lowest BCUT2D eigenvalue weighted by Crippen LogP contribution is -2.19. The lowest BCUT2D eigenvalue weighted by atomic mass is 10.1. The minimum absolute atomic E-state index is 0.0454. The third-order valence-electron chi connectivity index (χ3n) is 3.12. The number of aromatic nitrogens is 1. The van der Waals surface area contributed by atoms with Crippen LogP contribution in [0.25, 0.3) is 0 Å². The topological polar surface area (TPSA) is 68.1 Å². The number of nitrogens with zero attached hydrogens (tertiary/aromatic N) is 2. The van der Waals surface area contributed by atoms with Crippen molar-refractivity contribution in [2.75, 3.05) is 0 Å². The van der Waals surface area contributed by atoms with Crippen LogP contribution in [0.15, 0.2) is 36.7 Å². The average Bonchev–Trinajstić information content (AvgIpc) is 2.46. The van der Waals surface area contributed by atoms with E-state index >= 15 is 0 Å². The number of rotatable bonds is 5. The Morgan fingerprint density at radius 1 is 1.29 bits per heavy atom. The Kier molecular flexibility index (Phi) is 4.54. The van der Waals surface area contributed by atoms with E-state index in [4.69, 9.17) is 0 Å². The van der Waals surface area contributed by atoms with E-state index in [2.05, 4.69) is 10.3 Å². The Bertz CT molecular complexity index is 650. The molecule has 1 aromatic carbocycles. The van der Waals surface area contributed by atoms with Gasteiger partial charge in [0, 0.05) is 42.7 Å². The molecule has 0 bridgehead atoms. The number of hydrogen-bond acceptors (Lipinski definition) is 4. The quantitative estimate of drug-likeness (QED) is 0.679. The van der Waals surface area contributed by atoms with Crippen molar-refractivity contribution in [3.05, 3.63) is 69.5 Å². The summed E-state index contributed by atoms with van der Waals surface area (Å²) < 4.78 is 26.9. The van der Waals surface area contributed by atoms with Crippen molar-refractivity contribution in [2.45, 2.75) is 19.5 Å². The van der Waals surface area contributed by atoms with Gasteiger partial charge < -0.3 is 5.32 Å². The molecule has 0 fully saturated rings. The fourth-order valence-corrected chi connectivity index (χ4v) is 1.89. The van der Waals surface area contributed by atoms with E-state index in [1.165, 1.54) is 0 Å². The van der Waals surface area contributed by atoms with Crippen LogP contribution in [0.2, 0.25) is 0 Å². The van der Waals surface area contributed by atoms with Gasteiger partial charge in [-0.2, -0.15) is 4.39 Å². The highest BCUT2D eigenvalue weighted by Gasteiger charge is 2.18. The van der Waals surface area contributed by atoms with Crippen LogP contribution in [0.4, 0.5) is 14.5 Å². The molecule has 0 radical (unpaired) electrons. The summed E-state index contributed by atoms with van der Waals surface area (Å²) in [6.07, 6.45) is 3.27. The Balaban J connectivity index is 2.13. The lowest BCUT2D eigenvalue weighted by Gasteiger charge is -2.14. The summed E-state index contributed by atoms with van der Waals surface area (Å²) >= 11 is 0. The monoisotopic (exact) mass is 293 g/mol. The zero-order chi connectivity index (χ0) is 15.4. The van der Waals surface area contributed by atoms with Crippen molar-refractivity contribution >= 4 is 5.69 Å². The van der Waals surface area contributed by atoms with Crippen molar-refractivity contribution in [3.63, 3.8) is 0 Å². The first-order chi connectivity index (χ1) is 9.99. The van der Waals surface area contributed by atoms with Gasteiger partial charge in [-0.1, -0.05) is 0 Å². The number of halogens is 2. The molecule has 0 unspecified atom stereocenters. The van der Waals surface area contributed by atoms with Crippen LogP contribution in [0.5, 0.6) is 0 Å². The first kappa shape index (κ1) is 15.0. The lowest BCUT2D eigenvalue weighted by molar-refractivity contribution is -0.387. The predicted octanol–water partition coefficient (Wildman–Crippen LogP) is 3.12. The maximum absolute atomic E-state index is 13.6. The summed E-state index contributed by atoms with van der Waals surface area (Å²) in [4.78, 5) is 13.7. The maximum atomic E-state index is 13.6. The van der Waals surface area contributed by atoms with Crippen LogP contribution in [0.3, 0.4) is 0 Å². The third-order valence-corrected chi connectivity index (χ3v) is 3.12. The first-order valence-corrected chi connectivity index (χ1v) is 6.24. The zero-order valence-corrected chi connectivity index (χ0v) is 11.2. The van der Waals surface area contributed by atoms with Gasteiger partial charge in [-0.15, -0.1) is 0 Å². The number of nitro groups is 1. The highest BCUT2D eigenvalue weighted by Crippen LogP contribution is 2.22. The molecule has 1 heterocycles. The number of pyridine rings is 1. The molecule has 0 aliphatic rings. The summed E-state index contributed by atoms with van der Waals surface area (Å²) in [6, 6.07) is 4.96. The van der Waals surface area contributed by atoms with E-state index in [1.54, 1.807) is 24.5 Å². The molecule has 0 aliphatic heterocycles. The zero-order valence-electron chi connectivity index (χ0n) is 11.2. The Morgan fingerprint density at radius 3 is 2.57 bits per heavy atom. The van der Waals surface area contributed by atoms with Crippen LogP contribution >= 0.6 is 0 Å². The van der Waals surface area contributed by atoms with Gasteiger partial charge in [0.1, 0.15) is 5.82 Å². The highest BCUT2D eigenvalue weighted by atomic mass is 19.1. The summed E-state index contributed by atoms with van der Waals surface area (Å²) in [7, 11) is 0. The van der Waals surface area contributed by atoms with Crippen molar-refractivity contribution in [2.24, 2.45) is 0 Å². The van der Waals surface area contributed by atoms with Crippen molar-refractivity contribution < 1.29 is 13.7 Å². The van der Waals surface area contributed by atoms with Gasteiger partial charge >= 0.3 is 5.69 Å². The SMILES string of the molecule is C[C@H](NCc1cc([N+](=O)[O-])c(F)cc1F)c1ccncc1. The van der Waals surface area contributed by atoms with Crippen molar-refractivity contribution in [3.8, 4) is 0 Å². The van der Waals surface area contributed by atoms with Crippen LogP contribution in [-0.4, -0.2) is 9.91 Å². The predicted molar refractivity (Wildman–Crippen MR) is 72.5 cm³/mol. The molecule has 1 aromatic heterocycles. The molecule has 7 heteroatoms. The van der Waals surface area contributed by atoms with Crippen LogP contribution in [-0.2, 0) is 6.54 Å². The Morgan fingerprint density at radius 2 is 1.95 bits per heavy atom. The van der Waals surface area contributed by atoms with Crippen LogP contribution in [0, 0.1) is 21.7 Å². The van der Waals surface area contributed by atoms with Gasteiger partial charge in [0.15, 0.2) is 0 Å². The molecule has 0 aliphatic carbocycles. The fourth-order valence-electron chi connectivity index (χ4n) is 1.89. The molecule has 110 valence electrons. The molecular weight excluding hydrogens is 280 g/mol. The minimum Gasteiger partial charge on any atom is -0.306 e. The molecule has 1 atom stereocenters. The Hall–Kier alpha value is -2.41. The number of hydrogen-bond donors (Lipinski definition) is 1. The van der Waals surface area contributed by atoms with E-state index in [0.29, 0.717) is 6.07 Å². The normalized spacial score (nSPS) is 12.1. The van der Waals surface area contributed by atoms with E-state index in [0.717, 1.165) is 11.6 Å². The molecule has 1 N–H and O–H groups in total. The van der Waals surface area contributed by atoms with Gasteiger partial charge in [0.05, 0.1) is 4.92 Å². The molecule has 0 amide bonds. The first-order valence-electron chi connectivity index (χ1n) is 6.24. The molecular formula is C14H13F2N3O2. The molecule has 0 saturated heterocycles. The second-order valence-electron chi connectivity index (χ2n) is 4.54. The Labute approximate surface area is 119 Å². The molecule has 0 spiro atoms. The fraction of sp³-hybridized carbons (Fsp3) is 0.214. The molecule has 0 saturated carbocycles. The number of nitro benzene ring substituents is 1. The van der Waals surface area contributed by atoms with Crippen LogP contribution < -0.4 is 5.32 Å². The van der Waals surface area contributed by atoms with E-state index < -0.39 is 22.2 Å². The van der Waals surface area contributed by atoms with Gasteiger partial charge in [0.25, 0.3) is 0 Å². The summed E-state index contributed by atoms with van der Waals surface area (Å²) in [5.41, 5.74) is 0.260. The van der Waals surface area contributed by atoms with Gasteiger partial charge in [0.2, 0.25) is 5.82 Å². The molecule has 21 heavy (non-hydrogen) atoms. The molecule has 2 rings (SSSR count). The van der Waals surface area contributed by atoms with E-state index in [1.807, 2.05) is 6.92 Å². The van der Waals surface area contributed by atoms with Gasteiger partial charge in [-0.25, -0.2) is 4.39 Å². The van der Waals surface area contributed by atoms with Crippen molar-refractivity contribution in [1.82, 2.24) is 10.3 Å². The molecule has 2 aromatic rings. The van der Waals surface area contributed by atoms with Crippen molar-refractivity contribution in [1.29, 1.82) is 0 Å². The smallest absolute Gasteiger partial charge is 0.305 e. The van der Waals surface area contributed by atoms with E-state index in [9.17, 15) is 18.9 Å². The van der Waals surface area contributed by atoms with Gasteiger partial charge in [-0.3, -0.25) is 15.1 Å². The van der Waals surface area contributed by atoms with Crippen LogP contribution in [0.1, 0.15) is 24.1 Å². The second-order valence-corrected chi connectivity index (χ2v) is 4.54. The number of benzene rings is 1. The van der Waals surface area contributed by atoms with E-state index in [-0.39, 0.29) is 18.2 Å². The largest absolute Gasteiger partial charge is 0.306 e. The summed E-state index contributed by atoms with van der Waals surface area (Å²) in [5.74, 6) is -1.99. The minimum atomic E-state index is -1.18. The molecule has 5 nitrogen and oxygen atoms in total. The van der Waals surface area contributed by atoms with Gasteiger partial charge in [-0.05, 0) is 24.6 Å².